The zero-order chi connectivity index (χ0) is 25.1. The second-order valence-electron chi connectivity index (χ2n) is 7.51. The molecule has 2 aliphatic heterocycles. The Morgan fingerprint density at radius 3 is 1.59 bits per heavy atom. The third kappa shape index (κ3) is 3.36. The molecule has 1 saturated heterocycles. The summed E-state index contributed by atoms with van der Waals surface area (Å²) in [5.41, 5.74) is -3.15. The molecule has 9 N–H and O–H groups in total. The molecule has 2 heterocycles. The Labute approximate surface area is 188 Å². The van der Waals surface area contributed by atoms with Gasteiger partial charge in [-0.1, -0.05) is 0 Å². The van der Waals surface area contributed by atoms with Crippen molar-refractivity contribution < 1.29 is 69.8 Å². The first kappa shape index (κ1) is 23.2. The number of esters is 2. The monoisotopic (exact) mass is 482 g/mol. The van der Waals surface area contributed by atoms with Gasteiger partial charge in [-0.15, -0.1) is 0 Å². The van der Waals surface area contributed by atoms with E-state index in [4.69, 9.17) is 14.2 Å². The highest BCUT2D eigenvalue weighted by atomic mass is 16.7. The Morgan fingerprint density at radius 1 is 0.706 bits per heavy atom. The van der Waals surface area contributed by atoms with Gasteiger partial charge >= 0.3 is 11.9 Å². The van der Waals surface area contributed by atoms with Gasteiger partial charge in [0.2, 0.25) is 11.5 Å². The lowest BCUT2D eigenvalue weighted by Crippen LogP contribution is -2.61. The van der Waals surface area contributed by atoms with Crippen molar-refractivity contribution in [3.8, 4) is 45.6 Å². The van der Waals surface area contributed by atoms with Crippen molar-refractivity contribution in [2.45, 2.75) is 30.7 Å². The van der Waals surface area contributed by atoms with Crippen LogP contribution in [0.3, 0.4) is 0 Å². The Balaban J connectivity index is 2.04. The van der Waals surface area contributed by atoms with E-state index in [0.29, 0.717) is 12.1 Å². The van der Waals surface area contributed by atoms with Gasteiger partial charge in [-0.2, -0.15) is 0 Å². The quantitative estimate of drug-likeness (QED) is 0.170. The Morgan fingerprint density at radius 2 is 1.15 bits per heavy atom. The lowest BCUT2D eigenvalue weighted by molar-refractivity contribution is -0.285. The number of carbonyl (C=O) groups is 2. The zero-order valence-corrected chi connectivity index (χ0v) is 16.8. The number of fused-ring (bicyclic) bond motifs is 4. The first-order chi connectivity index (χ1) is 16.0. The van der Waals surface area contributed by atoms with E-state index in [2.05, 4.69) is 0 Å². The summed E-state index contributed by atoms with van der Waals surface area (Å²) < 4.78 is 15.3. The van der Waals surface area contributed by atoms with Crippen LogP contribution in [0.15, 0.2) is 12.1 Å². The molecule has 182 valence electrons. The van der Waals surface area contributed by atoms with Gasteiger partial charge in [-0.3, -0.25) is 0 Å². The molecule has 5 atom stereocenters. The van der Waals surface area contributed by atoms with E-state index in [0.717, 1.165) is 0 Å². The predicted octanol–water partition coefficient (Wildman–Crippen LogP) is -1.28. The Hall–Kier alpha value is -3.98. The van der Waals surface area contributed by atoms with Crippen LogP contribution in [0.5, 0.6) is 34.5 Å². The lowest BCUT2D eigenvalue weighted by Gasteiger charge is -2.41. The third-order valence-electron chi connectivity index (χ3n) is 5.50. The summed E-state index contributed by atoms with van der Waals surface area (Å²) >= 11 is 0. The molecule has 1 fully saturated rings. The number of phenolic OH excluding ortho intramolecular Hbond substituents is 6. The molecule has 0 bridgehead atoms. The maximum absolute atomic E-state index is 13.0. The number of phenols is 6. The van der Waals surface area contributed by atoms with Gasteiger partial charge in [0.25, 0.3) is 0 Å². The van der Waals surface area contributed by atoms with E-state index in [1.807, 2.05) is 0 Å². The van der Waals surface area contributed by atoms with Crippen LogP contribution in [0, 0.1) is 0 Å². The van der Waals surface area contributed by atoms with Crippen molar-refractivity contribution in [1.82, 2.24) is 0 Å². The van der Waals surface area contributed by atoms with Gasteiger partial charge in [0.15, 0.2) is 41.5 Å². The lowest BCUT2D eigenvalue weighted by atomic mass is 9.91. The average molecular weight is 482 g/mol. The molecule has 0 spiro atoms. The SMILES string of the molecule is O=C1O[C@@H]2[C@@H](OC(=O)c3cc(O)c(O)c(O)c3-c3c1cc(O)c(O)c3O)[C@H](O)[C@H](CO)O[C@@H]2O. The summed E-state index contributed by atoms with van der Waals surface area (Å²) in [5.74, 6) is -9.67. The number of hydrogen-bond acceptors (Lipinski definition) is 14. The second kappa shape index (κ2) is 8.11. The first-order valence-corrected chi connectivity index (χ1v) is 9.58. The molecule has 0 aliphatic carbocycles. The molecule has 0 saturated carbocycles. The Kier molecular flexibility index (Phi) is 5.53. The number of aliphatic hydroxyl groups excluding tert-OH is 3. The van der Waals surface area contributed by atoms with E-state index in [1.54, 1.807) is 0 Å². The molecule has 0 amide bonds. The van der Waals surface area contributed by atoms with E-state index in [9.17, 15) is 55.5 Å². The van der Waals surface area contributed by atoms with E-state index < -0.39 is 106 Å². The molecule has 0 unspecified atom stereocenters. The van der Waals surface area contributed by atoms with Crippen LogP contribution in [-0.2, 0) is 14.2 Å². The summed E-state index contributed by atoms with van der Waals surface area (Å²) in [6, 6.07) is 1.21. The predicted molar refractivity (Wildman–Crippen MR) is 104 cm³/mol. The highest BCUT2D eigenvalue weighted by Crippen LogP contribution is 2.53. The fourth-order valence-electron chi connectivity index (χ4n) is 3.81. The van der Waals surface area contributed by atoms with Crippen molar-refractivity contribution >= 4 is 11.9 Å². The standard InChI is InChI=1S/C20H18O14/c21-3-8-13(26)16-17(20(31)32-8)34-19(30)5-2-7(23)12(25)15(28)10(5)9-4(18(29)33-16)1-6(22)11(24)14(9)27/h1-2,8,13,16-17,20-28,31H,3H2/t8-,13+,16-,17+,20-/m0/s1. The largest absolute Gasteiger partial charge is 0.504 e. The highest BCUT2D eigenvalue weighted by molar-refractivity contribution is 6.08. The van der Waals surface area contributed by atoms with Crippen LogP contribution in [0.4, 0.5) is 0 Å². The van der Waals surface area contributed by atoms with E-state index in [-0.39, 0.29) is 0 Å². The minimum atomic E-state index is -2.02. The zero-order valence-electron chi connectivity index (χ0n) is 16.8. The number of benzene rings is 2. The normalized spacial score (nSPS) is 26.5. The molecular weight excluding hydrogens is 464 g/mol. The maximum atomic E-state index is 13.0. The van der Waals surface area contributed by atoms with Crippen LogP contribution in [0.2, 0.25) is 0 Å². The molecule has 0 radical (unpaired) electrons. The molecule has 34 heavy (non-hydrogen) atoms. The fourth-order valence-corrected chi connectivity index (χ4v) is 3.81. The molecular formula is C20H18O14. The van der Waals surface area contributed by atoms with Crippen molar-refractivity contribution in [2.75, 3.05) is 6.61 Å². The minimum Gasteiger partial charge on any atom is -0.504 e. The van der Waals surface area contributed by atoms with E-state index >= 15 is 0 Å². The number of ether oxygens (including phenoxy) is 3. The van der Waals surface area contributed by atoms with Gasteiger partial charge in [-0.05, 0) is 12.1 Å². The molecule has 14 heteroatoms. The van der Waals surface area contributed by atoms with Crippen LogP contribution in [0.1, 0.15) is 20.7 Å². The van der Waals surface area contributed by atoms with Gasteiger partial charge in [-0.25, -0.2) is 9.59 Å². The number of hydrogen-bond donors (Lipinski definition) is 9. The molecule has 2 aliphatic rings. The number of aromatic hydroxyl groups is 6. The third-order valence-corrected chi connectivity index (χ3v) is 5.50. The summed E-state index contributed by atoms with van der Waals surface area (Å²) in [4.78, 5) is 26.0. The summed E-state index contributed by atoms with van der Waals surface area (Å²) in [7, 11) is 0. The van der Waals surface area contributed by atoms with Crippen LogP contribution < -0.4 is 0 Å². The van der Waals surface area contributed by atoms with Crippen molar-refractivity contribution in [1.29, 1.82) is 0 Å². The van der Waals surface area contributed by atoms with Crippen molar-refractivity contribution in [3.05, 3.63) is 23.3 Å². The molecule has 4 rings (SSSR count). The average Bonchev–Trinajstić information content (AvgIpc) is 2.79. The van der Waals surface area contributed by atoms with Gasteiger partial charge in [0, 0.05) is 11.1 Å². The number of rotatable bonds is 1. The molecule has 0 aromatic heterocycles. The topological polar surface area (TPSA) is 244 Å². The number of carbonyl (C=O) groups excluding carboxylic acids is 2. The van der Waals surface area contributed by atoms with Crippen LogP contribution in [0.25, 0.3) is 11.1 Å². The van der Waals surface area contributed by atoms with Crippen molar-refractivity contribution in [3.63, 3.8) is 0 Å². The van der Waals surface area contributed by atoms with Gasteiger partial charge < -0.3 is 60.2 Å². The Bertz CT molecular complexity index is 1190. The number of aliphatic hydroxyl groups is 3. The van der Waals surface area contributed by atoms with Gasteiger partial charge in [0.05, 0.1) is 17.7 Å². The second-order valence-corrected chi connectivity index (χ2v) is 7.51. The molecule has 14 nitrogen and oxygen atoms in total. The summed E-state index contributed by atoms with van der Waals surface area (Å²) in [5, 5.41) is 90.9. The first-order valence-electron chi connectivity index (χ1n) is 9.58. The summed E-state index contributed by atoms with van der Waals surface area (Å²) in [6.07, 6.45) is -9.06. The van der Waals surface area contributed by atoms with Crippen LogP contribution >= 0.6 is 0 Å². The van der Waals surface area contributed by atoms with Crippen molar-refractivity contribution in [2.24, 2.45) is 0 Å². The summed E-state index contributed by atoms with van der Waals surface area (Å²) in [6.45, 7) is -0.831. The van der Waals surface area contributed by atoms with E-state index in [1.165, 1.54) is 0 Å². The molecule has 2 aromatic rings. The van der Waals surface area contributed by atoms with Crippen LogP contribution in [-0.4, -0.2) is 95.2 Å². The highest BCUT2D eigenvalue weighted by Gasteiger charge is 2.50. The fraction of sp³-hybridized carbons (Fsp3) is 0.300. The maximum Gasteiger partial charge on any atom is 0.339 e. The molecule has 2 aromatic carbocycles. The minimum absolute atomic E-state index is 0.602. The smallest absolute Gasteiger partial charge is 0.339 e. The van der Waals surface area contributed by atoms with Gasteiger partial charge in [0.1, 0.15) is 12.2 Å².